The Balaban J connectivity index is 1.53. The van der Waals surface area contributed by atoms with Crippen molar-refractivity contribution in [2.24, 2.45) is 10.2 Å². The molecule has 2 aliphatic rings. The minimum Gasteiger partial charge on any atom is -0.497 e. The second-order valence-corrected chi connectivity index (χ2v) is 8.54. The van der Waals surface area contributed by atoms with Gasteiger partial charge in [0.25, 0.3) is 0 Å². The van der Waals surface area contributed by atoms with Crippen molar-refractivity contribution >= 4 is 23.6 Å². The van der Waals surface area contributed by atoms with Crippen molar-refractivity contribution in [2.75, 3.05) is 25.7 Å². The first-order chi connectivity index (χ1) is 17.6. The topological polar surface area (TPSA) is 93.0 Å². The Morgan fingerprint density at radius 1 is 0.944 bits per heavy atom. The zero-order valence-corrected chi connectivity index (χ0v) is 20.0. The Hall–Kier alpha value is -4.40. The van der Waals surface area contributed by atoms with E-state index in [0.29, 0.717) is 30.1 Å². The van der Waals surface area contributed by atoms with Crippen LogP contribution in [0.3, 0.4) is 0 Å². The zero-order chi connectivity index (χ0) is 25.1. The standard InChI is InChI=1S/C27H26N4O5/c1-34-21-14-12-20(13-15-21)28-29-27-16-17-30(25(32)35-2)24(27)31(23-11-7-6-10-22(23)27)26(33)36-18-19-8-4-3-5-9-19/h3-15,24H,16-18H2,1-2H3/t24-,27-/m0/s1. The predicted molar refractivity (Wildman–Crippen MR) is 132 cm³/mol. The van der Waals surface area contributed by atoms with Gasteiger partial charge in [-0.2, -0.15) is 10.2 Å². The summed E-state index contributed by atoms with van der Waals surface area (Å²) in [4.78, 5) is 29.3. The molecule has 1 saturated heterocycles. The molecular weight excluding hydrogens is 460 g/mol. The number of carbonyl (C=O) groups is 2. The highest BCUT2D eigenvalue weighted by molar-refractivity contribution is 5.93. The quantitative estimate of drug-likeness (QED) is 0.436. The molecule has 3 aromatic rings. The van der Waals surface area contributed by atoms with Gasteiger partial charge in [0.1, 0.15) is 24.1 Å². The van der Waals surface area contributed by atoms with Crippen LogP contribution in [0.2, 0.25) is 0 Å². The van der Waals surface area contributed by atoms with Gasteiger partial charge in [0.15, 0.2) is 0 Å². The highest BCUT2D eigenvalue weighted by Gasteiger charge is 2.62. The third kappa shape index (κ3) is 4.02. The molecule has 0 radical (unpaired) electrons. The summed E-state index contributed by atoms with van der Waals surface area (Å²) in [7, 11) is 2.92. The van der Waals surface area contributed by atoms with Gasteiger partial charge in [-0.1, -0.05) is 48.5 Å². The Labute approximate surface area is 208 Å². The molecule has 2 amide bonds. The van der Waals surface area contributed by atoms with Crippen LogP contribution >= 0.6 is 0 Å². The first kappa shape index (κ1) is 23.3. The lowest BCUT2D eigenvalue weighted by Gasteiger charge is -2.33. The molecule has 0 spiro atoms. The molecule has 184 valence electrons. The zero-order valence-electron chi connectivity index (χ0n) is 20.0. The normalized spacial score (nSPS) is 20.2. The maximum atomic E-state index is 13.5. The first-order valence-electron chi connectivity index (χ1n) is 11.6. The van der Waals surface area contributed by atoms with E-state index in [4.69, 9.17) is 19.3 Å². The number of azo groups is 1. The molecule has 5 rings (SSSR count). The molecule has 0 unspecified atom stereocenters. The molecule has 0 bridgehead atoms. The number of para-hydroxylation sites is 1. The van der Waals surface area contributed by atoms with Gasteiger partial charge in [-0.25, -0.2) is 9.59 Å². The van der Waals surface area contributed by atoms with Crippen molar-refractivity contribution in [1.29, 1.82) is 0 Å². The largest absolute Gasteiger partial charge is 0.497 e. The highest BCUT2D eigenvalue weighted by Crippen LogP contribution is 2.54. The van der Waals surface area contributed by atoms with Crippen LogP contribution in [0.1, 0.15) is 17.5 Å². The van der Waals surface area contributed by atoms with Gasteiger partial charge in [0.2, 0.25) is 0 Å². The monoisotopic (exact) mass is 486 g/mol. The summed E-state index contributed by atoms with van der Waals surface area (Å²) in [5, 5.41) is 9.30. The van der Waals surface area contributed by atoms with Gasteiger partial charge in [-0.05, 0) is 35.9 Å². The van der Waals surface area contributed by atoms with Crippen molar-refractivity contribution < 1.29 is 23.8 Å². The average Bonchev–Trinajstić information content (AvgIpc) is 3.44. The predicted octanol–water partition coefficient (Wildman–Crippen LogP) is 5.63. The molecule has 0 aliphatic carbocycles. The average molecular weight is 487 g/mol. The molecule has 2 atom stereocenters. The molecule has 9 nitrogen and oxygen atoms in total. The number of hydrogen-bond acceptors (Lipinski definition) is 7. The number of anilines is 1. The lowest BCUT2D eigenvalue weighted by molar-refractivity contribution is 0.104. The van der Waals surface area contributed by atoms with E-state index in [1.807, 2.05) is 54.6 Å². The first-order valence-corrected chi connectivity index (χ1v) is 11.6. The highest BCUT2D eigenvalue weighted by atomic mass is 16.6. The fraction of sp³-hybridized carbons (Fsp3) is 0.259. The Bertz CT molecular complexity index is 1280. The van der Waals surface area contributed by atoms with Crippen molar-refractivity contribution in [1.82, 2.24) is 4.90 Å². The van der Waals surface area contributed by atoms with Crippen molar-refractivity contribution in [3.05, 3.63) is 90.0 Å². The number of carbonyl (C=O) groups excluding carboxylic acids is 2. The number of methoxy groups -OCH3 is 2. The fourth-order valence-corrected chi connectivity index (χ4v) is 4.86. The molecule has 0 aromatic heterocycles. The molecule has 0 N–H and O–H groups in total. The van der Waals surface area contributed by atoms with Gasteiger partial charge in [0, 0.05) is 18.5 Å². The van der Waals surface area contributed by atoms with Gasteiger partial charge < -0.3 is 14.2 Å². The number of nitrogens with zero attached hydrogens (tertiary/aromatic N) is 4. The maximum absolute atomic E-state index is 13.5. The van der Waals surface area contributed by atoms with E-state index in [-0.39, 0.29) is 6.61 Å². The molecular formula is C27H26N4O5. The lowest BCUT2D eigenvalue weighted by Crippen LogP contribution is -2.53. The molecule has 0 saturated carbocycles. The number of benzene rings is 3. The van der Waals surface area contributed by atoms with Crippen LogP contribution < -0.4 is 9.64 Å². The maximum Gasteiger partial charge on any atom is 0.416 e. The minimum absolute atomic E-state index is 0.101. The van der Waals surface area contributed by atoms with Crippen LogP contribution in [-0.2, 0) is 21.6 Å². The second kappa shape index (κ2) is 9.69. The van der Waals surface area contributed by atoms with Crippen LogP contribution in [0.15, 0.2) is 89.1 Å². The number of amides is 2. The summed E-state index contributed by atoms with van der Waals surface area (Å²) in [6.07, 6.45) is -1.44. The van der Waals surface area contributed by atoms with Crippen molar-refractivity contribution in [3.8, 4) is 5.75 Å². The van der Waals surface area contributed by atoms with Crippen LogP contribution in [0.5, 0.6) is 5.75 Å². The Kier molecular flexibility index (Phi) is 6.28. The summed E-state index contributed by atoms with van der Waals surface area (Å²) < 4.78 is 16.0. The Morgan fingerprint density at radius 2 is 1.67 bits per heavy atom. The van der Waals surface area contributed by atoms with Gasteiger partial charge in [0.05, 0.1) is 25.6 Å². The van der Waals surface area contributed by atoms with Crippen molar-refractivity contribution in [3.63, 3.8) is 0 Å². The summed E-state index contributed by atoms with van der Waals surface area (Å²) in [6, 6.07) is 24.1. The lowest BCUT2D eigenvalue weighted by atomic mass is 9.90. The van der Waals surface area contributed by atoms with E-state index < -0.39 is 23.9 Å². The van der Waals surface area contributed by atoms with Crippen LogP contribution in [0, 0.1) is 0 Å². The summed E-state index contributed by atoms with van der Waals surface area (Å²) in [5.74, 6) is 0.710. The molecule has 3 aromatic carbocycles. The molecule has 9 heteroatoms. The summed E-state index contributed by atoms with van der Waals surface area (Å²) in [5.41, 5.74) is 1.94. The number of ether oxygens (including phenoxy) is 3. The van der Waals surface area contributed by atoms with Gasteiger partial charge in [-0.15, -0.1) is 0 Å². The van der Waals surface area contributed by atoms with Crippen LogP contribution in [-0.4, -0.2) is 44.0 Å². The fourth-order valence-electron chi connectivity index (χ4n) is 4.86. The number of fused-ring (bicyclic) bond motifs is 3. The van der Waals surface area contributed by atoms with E-state index in [9.17, 15) is 9.59 Å². The smallest absolute Gasteiger partial charge is 0.416 e. The Morgan fingerprint density at radius 3 is 2.39 bits per heavy atom. The van der Waals surface area contributed by atoms with E-state index >= 15 is 0 Å². The van der Waals surface area contributed by atoms with E-state index in [0.717, 1.165) is 11.1 Å². The van der Waals surface area contributed by atoms with E-state index in [1.54, 1.807) is 31.4 Å². The number of hydrogen-bond donors (Lipinski definition) is 0. The number of rotatable bonds is 5. The third-order valence-corrected chi connectivity index (χ3v) is 6.56. The second-order valence-electron chi connectivity index (χ2n) is 8.54. The SMILES string of the molecule is COC(=O)N1CC[C@]2(N=Nc3ccc(OC)cc3)c3ccccc3N(C(=O)OCc3ccccc3)[C@H]12. The van der Waals surface area contributed by atoms with Crippen molar-refractivity contribution in [2.45, 2.75) is 24.7 Å². The van der Waals surface area contributed by atoms with Crippen LogP contribution in [0.4, 0.5) is 21.0 Å². The minimum atomic E-state index is -0.976. The number of likely N-dealkylation sites (tertiary alicyclic amines) is 1. The third-order valence-electron chi connectivity index (χ3n) is 6.56. The molecule has 2 heterocycles. The van der Waals surface area contributed by atoms with E-state index in [1.165, 1.54) is 16.9 Å². The van der Waals surface area contributed by atoms with Gasteiger partial charge >= 0.3 is 12.2 Å². The molecule has 1 fully saturated rings. The van der Waals surface area contributed by atoms with Crippen LogP contribution in [0.25, 0.3) is 0 Å². The van der Waals surface area contributed by atoms with Gasteiger partial charge in [-0.3, -0.25) is 9.80 Å². The molecule has 36 heavy (non-hydrogen) atoms. The summed E-state index contributed by atoms with van der Waals surface area (Å²) in [6.45, 7) is 0.444. The molecule has 2 aliphatic heterocycles. The summed E-state index contributed by atoms with van der Waals surface area (Å²) >= 11 is 0. The van der Waals surface area contributed by atoms with E-state index in [2.05, 4.69) is 5.11 Å².